The summed E-state index contributed by atoms with van der Waals surface area (Å²) in [6.45, 7) is 5.29. The van der Waals surface area contributed by atoms with Gasteiger partial charge < -0.3 is 15.6 Å². The van der Waals surface area contributed by atoms with Crippen LogP contribution in [0.15, 0.2) is 4.52 Å². The third-order valence-electron chi connectivity index (χ3n) is 2.55. The third kappa shape index (κ3) is 1.31. The fourth-order valence-electron chi connectivity index (χ4n) is 1.83. The van der Waals surface area contributed by atoms with Crippen LogP contribution in [0.3, 0.4) is 0 Å². The van der Waals surface area contributed by atoms with Crippen molar-refractivity contribution in [3.63, 3.8) is 0 Å². The first-order valence-corrected chi connectivity index (χ1v) is 4.67. The van der Waals surface area contributed by atoms with Gasteiger partial charge in [-0.25, -0.2) is 0 Å². The van der Waals surface area contributed by atoms with Crippen LogP contribution >= 0.6 is 0 Å². The lowest BCUT2D eigenvalue weighted by Crippen LogP contribution is -2.33. The Morgan fingerprint density at radius 1 is 1.62 bits per heavy atom. The molecule has 0 amide bonds. The van der Waals surface area contributed by atoms with Crippen LogP contribution in [0.5, 0.6) is 0 Å². The van der Waals surface area contributed by atoms with E-state index < -0.39 is 0 Å². The van der Waals surface area contributed by atoms with Crippen LogP contribution in [0.4, 0.5) is 5.88 Å². The summed E-state index contributed by atoms with van der Waals surface area (Å²) in [4.78, 5) is 0. The number of anilines is 1. The van der Waals surface area contributed by atoms with Gasteiger partial charge in [0, 0.05) is 12.1 Å². The highest BCUT2D eigenvalue weighted by molar-refractivity contribution is 5.41. The smallest absolute Gasteiger partial charge is 0.225 e. The summed E-state index contributed by atoms with van der Waals surface area (Å²) in [6.07, 6.45) is 0.924. The van der Waals surface area contributed by atoms with Crippen molar-refractivity contribution >= 4 is 5.88 Å². The molecule has 0 bridgehead atoms. The van der Waals surface area contributed by atoms with Gasteiger partial charge in [0.1, 0.15) is 5.69 Å². The van der Waals surface area contributed by atoms with Crippen molar-refractivity contribution in [2.75, 3.05) is 12.3 Å². The first-order chi connectivity index (χ1) is 6.20. The normalized spacial score (nSPS) is 21.9. The molecule has 13 heavy (non-hydrogen) atoms. The molecule has 3 N–H and O–H groups in total. The zero-order valence-corrected chi connectivity index (χ0v) is 8.00. The van der Waals surface area contributed by atoms with Crippen LogP contribution < -0.4 is 11.1 Å². The molecule has 4 nitrogen and oxygen atoms in total. The number of nitrogen functional groups attached to an aromatic ring is 1. The van der Waals surface area contributed by atoms with Gasteiger partial charge in [-0.05, 0) is 12.3 Å². The Bertz CT molecular complexity index is 306. The highest BCUT2D eigenvalue weighted by atomic mass is 16.5. The monoisotopic (exact) mass is 181 g/mol. The van der Waals surface area contributed by atoms with Crippen molar-refractivity contribution in [3.8, 4) is 0 Å². The second-order valence-electron chi connectivity index (χ2n) is 3.84. The Kier molecular flexibility index (Phi) is 2.00. The van der Waals surface area contributed by atoms with E-state index in [9.17, 15) is 0 Å². The summed E-state index contributed by atoms with van der Waals surface area (Å²) in [5.74, 6) is 1.01. The van der Waals surface area contributed by atoms with Crippen LogP contribution in [-0.4, -0.2) is 11.7 Å². The Labute approximate surface area is 77.5 Å². The fourth-order valence-corrected chi connectivity index (χ4v) is 1.83. The molecule has 0 saturated carbocycles. The SMILES string of the molecule is CC(C)C1NCCc2c1noc2N. The summed E-state index contributed by atoms with van der Waals surface area (Å²) in [6, 6.07) is 0.296. The molecule has 1 unspecified atom stereocenters. The first kappa shape index (κ1) is 8.56. The van der Waals surface area contributed by atoms with E-state index in [0.29, 0.717) is 17.8 Å². The fraction of sp³-hybridized carbons (Fsp3) is 0.667. The molecule has 1 aromatic rings. The largest absolute Gasteiger partial charge is 0.367 e. The average molecular weight is 181 g/mol. The lowest BCUT2D eigenvalue weighted by molar-refractivity contribution is 0.359. The molecule has 1 atom stereocenters. The molecule has 0 saturated heterocycles. The first-order valence-electron chi connectivity index (χ1n) is 4.67. The lowest BCUT2D eigenvalue weighted by Gasteiger charge is -2.25. The maximum atomic E-state index is 5.67. The molecule has 0 aromatic carbocycles. The summed E-state index contributed by atoms with van der Waals surface area (Å²) >= 11 is 0. The predicted octanol–water partition coefficient (Wildman–Crippen LogP) is 1.10. The topological polar surface area (TPSA) is 64.1 Å². The van der Waals surface area contributed by atoms with E-state index in [2.05, 4.69) is 24.3 Å². The molecule has 0 spiro atoms. The number of fused-ring (bicyclic) bond motifs is 1. The van der Waals surface area contributed by atoms with Gasteiger partial charge in [-0.15, -0.1) is 0 Å². The molecule has 1 aliphatic rings. The summed E-state index contributed by atoms with van der Waals surface area (Å²) in [5, 5.41) is 7.41. The average Bonchev–Trinajstić information content (AvgIpc) is 2.48. The summed E-state index contributed by atoms with van der Waals surface area (Å²) < 4.78 is 4.99. The van der Waals surface area contributed by atoms with Gasteiger partial charge in [0.25, 0.3) is 0 Å². The van der Waals surface area contributed by atoms with Gasteiger partial charge in [0.2, 0.25) is 5.88 Å². The minimum atomic E-state index is 0.296. The molecular formula is C9H15N3O. The Morgan fingerprint density at radius 2 is 2.38 bits per heavy atom. The Hall–Kier alpha value is -1.03. The van der Waals surface area contributed by atoms with Crippen molar-refractivity contribution in [3.05, 3.63) is 11.3 Å². The van der Waals surface area contributed by atoms with E-state index in [0.717, 1.165) is 24.2 Å². The van der Waals surface area contributed by atoms with E-state index in [1.807, 2.05) is 0 Å². The number of nitrogens with one attached hydrogen (secondary N) is 1. The number of hydrogen-bond acceptors (Lipinski definition) is 4. The van der Waals surface area contributed by atoms with Gasteiger partial charge in [-0.1, -0.05) is 19.0 Å². The number of rotatable bonds is 1. The van der Waals surface area contributed by atoms with Crippen LogP contribution in [-0.2, 0) is 6.42 Å². The highest BCUT2D eigenvalue weighted by Crippen LogP contribution is 2.30. The molecule has 0 radical (unpaired) electrons. The van der Waals surface area contributed by atoms with E-state index in [1.54, 1.807) is 0 Å². The molecule has 2 heterocycles. The number of nitrogens with two attached hydrogens (primary N) is 1. The van der Waals surface area contributed by atoms with Crippen LogP contribution in [0.1, 0.15) is 31.1 Å². The maximum absolute atomic E-state index is 5.67. The number of aromatic nitrogens is 1. The second kappa shape index (κ2) is 3.03. The molecule has 0 aliphatic carbocycles. The molecule has 0 fully saturated rings. The molecular weight excluding hydrogens is 166 g/mol. The molecule has 4 heteroatoms. The number of nitrogens with zero attached hydrogens (tertiary/aromatic N) is 1. The van der Waals surface area contributed by atoms with E-state index in [4.69, 9.17) is 10.3 Å². The summed E-state index contributed by atoms with van der Waals surface area (Å²) in [7, 11) is 0. The highest BCUT2D eigenvalue weighted by Gasteiger charge is 2.27. The Balaban J connectivity index is 2.38. The lowest BCUT2D eigenvalue weighted by atomic mass is 9.93. The molecule has 1 aliphatic heterocycles. The van der Waals surface area contributed by atoms with Gasteiger partial charge in [-0.3, -0.25) is 0 Å². The Morgan fingerprint density at radius 3 is 3.08 bits per heavy atom. The van der Waals surface area contributed by atoms with Crippen LogP contribution in [0.25, 0.3) is 0 Å². The van der Waals surface area contributed by atoms with Crippen molar-refractivity contribution in [1.82, 2.24) is 10.5 Å². The molecule has 2 rings (SSSR count). The van der Waals surface area contributed by atoms with Gasteiger partial charge in [0.05, 0.1) is 6.04 Å². The van der Waals surface area contributed by atoms with E-state index in [-0.39, 0.29) is 0 Å². The van der Waals surface area contributed by atoms with E-state index in [1.165, 1.54) is 0 Å². The van der Waals surface area contributed by atoms with Gasteiger partial charge in [0.15, 0.2) is 0 Å². The van der Waals surface area contributed by atoms with Gasteiger partial charge in [-0.2, -0.15) is 0 Å². The minimum absolute atomic E-state index is 0.296. The van der Waals surface area contributed by atoms with Crippen molar-refractivity contribution < 1.29 is 4.52 Å². The second-order valence-corrected chi connectivity index (χ2v) is 3.84. The molecule has 72 valence electrons. The standard InChI is InChI=1S/C9H15N3O/c1-5(2)7-8-6(3-4-11-7)9(10)13-12-8/h5,7,11H,3-4,10H2,1-2H3. The van der Waals surface area contributed by atoms with E-state index >= 15 is 0 Å². The zero-order valence-electron chi connectivity index (χ0n) is 8.00. The van der Waals surface area contributed by atoms with Crippen molar-refractivity contribution in [2.45, 2.75) is 26.3 Å². The predicted molar refractivity (Wildman–Crippen MR) is 50.2 cm³/mol. The third-order valence-corrected chi connectivity index (χ3v) is 2.55. The van der Waals surface area contributed by atoms with Crippen molar-refractivity contribution in [1.29, 1.82) is 0 Å². The van der Waals surface area contributed by atoms with Gasteiger partial charge >= 0.3 is 0 Å². The number of hydrogen-bond donors (Lipinski definition) is 2. The van der Waals surface area contributed by atoms with Crippen LogP contribution in [0, 0.1) is 5.92 Å². The summed E-state index contributed by atoms with van der Waals surface area (Å²) in [5.41, 5.74) is 7.76. The van der Waals surface area contributed by atoms with Crippen LogP contribution in [0.2, 0.25) is 0 Å². The molecule has 1 aromatic heterocycles. The maximum Gasteiger partial charge on any atom is 0.225 e. The zero-order chi connectivity index (χ0) is 9.42. The van der Waals surface area contributed by atoms with Crippen molar-refractivity contribution in [2.24, 2.45) is 5.92 Å². The quantitative estimate of drug-likeness (QED) is 0.681. The minimum Gasteiger partial charge on any atom is -0.367 e.